The molecule has 3 aromatic rings. The fourth-order valence-corrected chi connectivity index (χ4v) is 5.26. The van der Waals surface area contributed by atoms with Crippen molar-refractivity contribution in [3.63, 3.8) is 0 Å². The first-order valence-electron chi connectivity index (χ1n) is 9.99. The highest BCUT2D eigenvalue weighted by molar-refractivity contribution is 7.98. The van der Waals surface area contributed by atoms with Crippen LogP contribution >= 0.6 is 11.8 Å². The lowest BCUT2D eigenvalue weighted by molar-refractivity contribution is 0.0446. The number of morpholine rings is 1. The highest BCUT2D eigenvalue weighted by Crippen LogP contribution is 2.22. The number of fused-ring (bicyclic) bond motifs is 1. The number of rotatable bonds is 8. The summed E-state index contributed by atoms with van der Waals surface area (Å²) in [5, 5.41) is 0.705. The van der Waals surface area contributed by atoms with E-state index in [1.165, 1.54) is 28.2 Å². The maximum atomic E-state index is 12.6. The van der Waals surface area contributed by atoms with Gasteiger partial charge in [-0.3, -0.25) is 4.40 Å². The molecule has 0 aliphatic carbocycles. The summed E-state index contributed by atoms with van der Waals surface area (Å²) in [6, 6.07) is 11.7. The molecule has 0 saturated carbocycles. The van der Waals surface area contributed by atoms with Gasteiger partial charge in [0.1, 0.15) is 19.0 Å². The van der Waals surface area contributed by atoms with E-state index in [0.717, 1.165) is 0 Å². The minimum absolute atomic E-state index is 0.0348. The number of carbonyl (C=O) groups excluding carboxylic acids is 1. The van der Waals surface area contributed by atoms with E-state index in [-0.39, 0.29) is 23.8 Å². The summed E-state index contributed by atoms with van der Waals surface area (Å²) in [6.45, 7) is 1.64. The second kappa shape index (κ2) is 9.90. The molecule has 0 atom stereocenters. The highest BCUT2D eigenvalue weighted by atomic mass is 32.2. The van der Waals surface area contributed by atoms with Gasteiger partial charge in [-0.05, 0) is 42.7 Å². The molecule has 170 valence electrons. The second-order valence-electron chi connectivity index (χ2n) is 6.88. The third-order valence-corrected chi connectivity index (χ3v) is 7.47. The predicted molar refractivity (Wildman–Crippen MR) is 119 cm³/mol. The summed E-state index contributed by atoms with van der Waals surface area (Å²) in [5.41, 5.74) is 0.937. The molecule has 0 spiro atoms. The molecule has 1 aliphatic heterocycles. The fourth-order valence-electron chi connectivity index (χ4n) is 3.31. The van der Waals surface area contributed by atoms with E-state index in [2.05, 4.69) is 4.98 Å². The van der Waals surface area contributed by atoms with Crippen molar-refractivity contribution in [2.45, 2.75) is 10.1 Å². The molecule has 1 aromatic carbocycles. The lowest BCUT2D eigenvalue weighted by atomic mass is 10.3. The molecule has 0 unspecified atom stereocenters. The first-order chi connectivity index (χ1) is 15.5. The number of hydrogen-bond donors (Lipinski definition) is 0. The number of nitrogens with zero attached hydrogens (tertiary/aromatic N) is 3. The lowest BCUT2D eigenvalue weighted by Gasteiger charge is -2.26. The van der Waals surface area contributed by atoms with Crippen LogP contribution in [-0.4, -0.2) is 73.8 Å². The van der Waals surface area contributed by atoms with Crippen LogP contribution in [0, 0.1) is 0 Å². The van der Waals surface area contributed by atoms with Crippen molar-refractivity contribution in [1.29, 1.82) is 0 Å². The molecule has 0 radical (unpaired) electrons. The Morgan fingerprint density at radius 3 is 2.59 bits per heavy atom. The molecular weight excluding hydrogens is 454 g/mol. The molecule has 11 heteroatoms. The standard InChI is InChI=1S/C21H23N3O6S2/c1-31-21-22-19(18-4-2-3-9-24(18)21)20(25)30-15-14-29-16-5-7-17(8-6-16)32(26,27)23-10-12-28-13-11-23/h2-9H,10-15H2,1H3. The number of thioether (sulfide) groups is 1. The van der Waals surface area contributed by atoms with E-state index >= 15 is 0 Å². The zero-order chi connectivity index (χ0) is 22.6. The Labute approximate surface area is 190 Å². The molecule has 1 fully saturated rings. The number of benzene rings is 1. The Morgan fingerprint density at radius 2 is 1.88 bits per heavy atom. The lowest BCUT2D eigenvalue weighted by Crippen LogP contribution is -2.40. The van der Waals surface area contributed by atoms with Crippen LogP contribution in [0.3, 0.4) is 0 Å². The average Bonchev–Trinajstić information content (AvgIpc) is 3.21. The molecule has 3 heterocycles. The van der Waals surface area contributed by atoms with Crippen molar-refractivity contribution in [3.8, 4) is 5.75 Å². The molecule has 9 nitrogen and oxygen atoms in total. The highest BCUT2D eigenvalue weighted by Gasteiger charge is 2.26. The smallest absolute Gasteiger partial charge is 0.359 e. The monoisotopic (exact) mass is 477 g/mol. The van der Waals surface area contributed by atoms with Gasteiger partial charge in [0.2, 0.25) is 10.0 Å². The van der Waals surface area contributed by atoms with Crippen LogP contribution in [0.5, 0.6) is 5.75 Å². The molecular formula is C21H23N3O6S2. The predicted octanol–water partition coefficient (Wildman–Crippen LogP) is 2.31. The summed E-state index contributed by atoms with van der Waals surface area (Å²) in [7, 11) is -3.55. The largest absolute Gasteiger partial charge is 0.490 e. The van der Waals surface area contributed by atoms with Crippen molar-refractivity contribution in [1.82, 2.24) is 13.7 Å². The van der Waals surface area contributed by atoms with E-state index in [9.17, 15) is 13.2 Å². The third-order valence-electron chi connectivity index (χ3n) is 4.91. The molecule has 0 bridgehead atoms. The van der Waals surface area contributed by atoms with Crippen LogP contribution < -0.4 is 4.74 Å². The van der Waals surface area contributed by atoms with Gasteiger partial charge in [-0.15, -0.1) is 0 Å². The molecule has 0 N–H and O–H groups in total. The number of aromatic nitrogens is 2. The molecule has 1 aliphatic rings. The number of pyridine rings is 1. The van der Waals surface area contributed by atoms with Gasteiger partial charge in [-0.25, -0.2) is 18.2 Å². The van der Waals surface area contributed by atoms with E-state index in [0.29, 0.717) is 42.7 Å². The first kappa shape index (κ1) is 22.6. The van der Waals surface area contributed by atoms with E-state index in [4.69, 9.17) is 14.2 Å². The second-order valence-corrected chi connectivity index (χ2v) is 9.59. The van der Waals surface area contributed by atoms with Crippen LogP contribution in [0.4, 0.5) is 0 Å². The Kier molecular flexibility index (Phi) is 6.99. The summed E-state index contributed by atoms with van der Waals surface area (Å²) >= 11 is 1.44. The van der Waals surface area contributed by atoms with Gasteiger partial charge in [0.25, 0.3) is 0 Å². The van der Waals surface area contributed by atoms with E-state index < -0.39 is 16.0 Å². The number of imidazole rings is 1. The summed E-state index contributed by atoms with van der Waals surface area (Å²) in [6.07, 6.45) is 3.74. The molecule has 2 aromatic heterocycles. The average molecular weight is 478 g/mol. The van der Waals surface area contributed by atoms with Crippen molar-refractivity contribution >= 4 is 33.3 Å². The maximum absolute atomic E-state index is 12.6. The van der Waals surface area contributed by atoms with Gasteiger partial charge in [0.15, 0.2) is 10.9 Å². The van der Waals surface area contributed by atoms with Gasteiger partial charge in [-0.1, -0.05) is 17.8 Å². The normalized spacial score (nSPS) is 15.0. The van der Waals surface area contributed by atoms with E-state index in [1.54, 1.807) is 12.1 Å². The third kappa shape index (κ3) is 4.75. The van der Waals surface area contributed by atoms with E-state index in [1.807, 2.05) is 35.1 Å². The number of sulfonamides is 1. The fraction of sp³-hybridized carbons (Fsp3) is 0.333. The Balaban J connectivity index is 1.31. The van der Waals surface area contributed by atoms with Gasteiger partial charge in [0.05, 0.1) is 23.6 Å². The zero-order valence-electron chi connectivity index (χ0n) is 17.5. The summed E-state index contributed by atoms with van der Waals surface area (Å²) < 4.78 is 44.6. The van der Waals surface area contributed by atoms with Crippen molar-refractivity contribution in [2.75, 3.05) is 45.8 Å². The minimum Gasteiger partial charge on any atom is -0.490 e. The SMILES string of the molecule is CSc1nc(C(=O)OCCOc2ccc(S(=O)(=O)N3CCOCC3)cc2)c2ccccn12. The van der Waals surface area contributed by atoms with Crippen LogP contribution in [0.2, 0.25) is 0 Å². The number of esters is 1. The van der Waals surface area contributed by atoms with Crippen molar-refractivity contribution < 1.29 is 27.4 Å². The van der Waals surface area contributed by atoms with Gasteiger partial charge in [0, 0.05) is 19.3 Å². The number of carbonyl (C=O) groups is 1. The topological polar surface area (TPSA) is 99.4 Å². The number of ether oxygens (including phenoxy) is 3. The quantitative estimate of drug-likeness (QED) is 0.277. The number of hydrogen-bond acceptors (Lipinski definition) is 8. The van der Waals surface area contributed by atoms with Crippen molar-refractivity contribution in [2.24, 2.45) is 0 Å². The summed E-state index contributed by atoms with van der Waals surface area (Å²) in [5.74, 6) is -0.0383. The zero-order valence-corrected chi connectivity index (χ0v) is 19.1. The molecule has 32 heavy (non-hydrogen) atoms. The van der Waals surface area contributed by atoms with Crippen molar-refractivity contribution in [3.05, 3.63) is 54.4 Å². The summed E-state index contributed by atoms with van der Waals surface area (Å²) in [4.78, 5) is 17.0. The Morgan fingerprint density at radius 1 is 1.12 bits per heavy atom. The van der Waals surface area contributed by atoms with Crippen LogP contribution in [0.25, 0.3) is 5.52 Å². The molecule has 0 amide bonds. The molecule has 1 saturated heterocycles. The van der Waals surface area contributed by atoms with Gasteiger partial charge >= 0.3 is 5.97 Å². The first-order valence-corrected chi connectivity index (χ1v) is 12.7. The van der Waals surface area contributed by atoms with Crippen LogP contribution in [0.1, 0.15) is 10.5 Å². The Hall–Kier alpha value is -2.60. The van der Waals surface area contributed by atoms with Gasteiger partial charge in [-0.2, -0.15) is 4.31 Å². The maximum Gasteiger partial charge on any atom is 0.359 e. The molecule has 4 rings (SSSR count). The Bertz CT molecular complexity index is 1190. The minimum atomic E-state index is -3.55. The van der Waals surface area contributed by atoms with Gasteiger partial charge < -0.3 is 14.2 Å². The van der Waals surface area contributed by atoms with Crippen LogP contribution in [-0.2, 0) is 19.5 Å². The van der Waals surface area contributed by atoms with Crippen LogP contribution in [0.15, 0.2) is 58.7 Å².